The van der Waals surface area contributed by atoms with Gasteiger partial charge in [0, 0.05) is 23.5 Å². The van der Waals surface area contributed by atoms with Gasteiger partial charge in [0.15, 0.2) is 0 Å². The largest absolute Gasteiger partial charge is 0.381 e. The summed E-state index contributed by atoms with van der Waals surface area (Å²) in [5.41, 5.74) is 6.03. The van der Waals surface area contributed by atoms with Crippen LogP contribution in [-0.4, -0.2) is 28.4 Å². The molecule has 0 aliphatic rings. The van der Waals surface area contributed by atoms with Gasteiger partial charge in [-0.25, -0.2) is 4.68 Å². The van der Waals surface area contributed by atoms with Gasteiger partial charge in [0.2, 0.25) is 0 Å². The van der Waals surface area contributed by atoms with Crippen molar-refractivity contribution in [3.63, 3.8) is 0 Å². The molecule has 0 unspecified atom stereocenters. The van der Waals surface area contributed by atoms with Gasteiger partial charge >= 0.3 is 0 Å². The molecule has 0 bridgehead atoms. The van der Waals surface area contributed by atoms with E-state index < -0.39 is 0 Å². The minimum Gasteiger partial charge on any atom is -0.381 e. The van der Waals surface area contributed by atoms with Crippen molar-refractivity contribution in [2.75, 3.05) is 12.0 Å². The Hall–Kier alpha value is -3.09. The molecule has 3 rings (SSSR count). The van der Waals surface area contributed by atoms with Crippen molar-refractivity contribution in [2.45, 2.75) is 27.3 Å². The molecule has 160 valence electrons. The first-order valence-corrected chi connectivity index (χ1v) is 9.69. The highest BCUT2D eigenvalue weighted by Gasteiger charge is 2.14. The third-order valence-electron chi connectivity index (χ3n) is 3.99. The number of hydrogen-bond donors (Lipinski definition) is 3. The standard InChI is InChI=1S/C18H18ClN3.C4H9NO.CH2O/c1-13-7-6-8-15(11-13)20-12-17-14(2)21-22(18(17)19)16-9-4-3-5-10-16;1-4(2)5-3-6;1-2/h3-11,20H,12H2,1-2H3;5-6H,1,3H2,2H3;1H2. The molecule has 0 aliphatic heterocycles. The number of carbonyl (C=O) groups excluding carboxylic acids is 1. The third-order valence-corrected chi connectivity index (χ3v) is 4.38. The highest BCUT2D eigenvalue weighted by molar-refractivity contribution is 6.30. The van der Waals surface area contributed by atoms with Gasteiger partial charge in [0.1, 0.15) is 18.7 Å². The summed E-state index contributed by atoms with van der Waals surface area (Å²) in [6.45, 7) is 12.0. The number of aryl methyl sites for hydroxylation is 2. The Kier molecular flexibility index (Phi) is 11.0. The summed E-state index contributed by atoms with van der Waals surface area (Å²) in [4.78, 5) is 8.00. The maximum absolute atomic E-state index is 8.06. The first-order valence-electron chi connectivity index (χ1n) is 9.31. The summed E-state index contributed by atoms with van der Waals surface area (Å²) >= 11 is 6.52. The number of allylic oxidation sites excluding steroid dienone is 1. The van der Waals surface area contributed by atoms with Gasteiger partial charge in [0.05, 0.1) is 11.4 Å². The molecule has 1 aromatic heterocycles. The summed E-state index contributed by atoms with van der Waals surface area (Å²) in [5.74, 6) is 0. The van der Waals surface area contributed by atoms with E-state index in [0.717, 1.165) is 28.3 Å². The topological polar surface area (TPSA) is 79.2 Å². The Morgan fingerprint density at radius 3 is 2.33 bits per heavy atom. The van der Waals surface area contributed by atoms with Gasteiger partial charge in [-0.15, -0.1) is 0 Å². The van der Waals surface area contributed by atoms with Crippen LogP contribution in [0.5, 0.6) is 0 Å². The van der Waals surface area contributed by atoms with E-state index in [1.54, 1.807) is 11.6 Å². The van der Waals surface area contributed by atoms with Crippen LogP contribution in [0.15, 0.2) is 66.9 Å². The van der Waals surface area contributed by atoms with E-state index in [-0.39, 0.29) is 6.73 Å². The minimum atomic E-state index is -0.0185. The molecular weight excluding hydrogens is 400 g/mol. The molecule has 0 amide bonds. The second kappa shape index (κ2) is 13.2. The smallest absolute Gasteiger partial charge is 0.138 e. The van der Waals surface area contributed by atoms with E-state index in [4.69, 9.17) is 21.5 Å². The Morgan fingerprint density at radius 1 is 1.13 bits per heavy atom. The second-order valence-electron chi connectivity index (χ2n) is 6.44. The number of benzene rings is 2. The SMILES string of the molecule is C=C(C)NCO.C=O.Cc1cccc(NCc2c(C)nn(-c3ccccc3)c2Cl)c1. The maximum Gasteiger partial charge on any atom is 0.138 e. The number of para-hydroxylation sites is 1. The molecule has 0 atom stereocenters. The summed E-state index contributed by atoms with van der Waals surface area (Å²) in [6, 6.07) is 18.2. The van der Waals surface area contributed by atoms with Crippen LogP contribution in [0.3, 0.4) is 0 Å². The molecule has 2 aromatic carbocycles. The molecule has 0 saturated carbocycles. The average molecular weight is 429 g/mol. The number of hydrogen-bond acceptors (Lipinski definition) is 5. The van der Waals surface area contributed by atoms with E-state index >= 15 is 0 Å². The van der Waals surface area contributed by atoms with E-state index in [1.165, 1.54) is 5.56 Å². The zero-order valence-electron chi connectivity index (χ0n) is 17.7. The van der Waals surface area contributed by atoms with Gasteiger partial charge in [-0.05, 0) is 50.6 Å². The van der Waals surface area contributed by atoms with Gasteiger partial charge in [-0.2, -0.15) is 5.10 Å². The zero-order valence-corrected chi connectivity index (χ0v) is 18.4. The van der Waals surface area contributed by atoms with Crippen molar-refractivity contribution >= 4 is 24.1 Å². The van der Waals surface area contributed by atoms with Crippen molar-refractivity contribution in [1.82, 2.24) is 15.1 Å². The predicted molar refractivity (Wildman–Crippen MR) is 124 cm³/mol. The van der Waals surface area contributed by atoms with Crippen LogP contribution in [0, 0.1) is 13.8 Å². The molecule has 30 heavy (non-hydrogen) atoms. The molecule has 0 saturated heterocycles. The summed E-state index contributed by atoms with van der Waals surface area (Å²) in [5, 5.41) is 19.3. The summed E-state index contributed by atoms with van der Waals surface area (Å²) in [6.07, 6.45) is 0. The highest BCUT2D eigenvalue weighted by atomic mass is 35.5. The van der Waals surface area contributed by atoms with Crippen molar-refractivity contribution in [3.05, 3.63) is 88.8 Å². The Bertz CT molecular complexity index is 926. The zero-order chi connectivity index (χ0) is 22.5. The number of aliphatic hydroxyl groups is 1. The number of aliphatic hydroxyl groups excluding tert-OH is 1. The molecule has 1 heterocycles. The van der Waals surface area contributed by atoms with Crippen LogP contribution in [-0.2, 0) is 11.3 Å². The minimum absolute atomic E-state index is 0.0185. The molecular formula is C23H29ClN4O2. The monoisotopic (exact) mass is 428 g/mol. The van der Waals surface area contributed by atoms with Crippen molar-refractivity contribution in [3.8, 4) is 5.69 Å². The number of carbonyl (C=O) groups is 1. The van der Waals surface area contributed by atoms with Crippen molar-refractivity contribution < 1.29 is 9.90 Å². The van der Waals surface area contributed by atoms with Crippen molar-refractivity contribution in [2.24, 2.45) is 0 Å². The average Bonchev–Trinajstić information content (AvgIpc) is 3.02. The highest BCUT2D eigenvalue weighted by Crippen LogP contribution is 2.24. The van der Waals surface area contributed by atoms with E-state index in [9.17, 15) is 0 Å². The fraction of sp³-hybridized carbons (Fsp3) is 0.217. The quantitative estimate of drug-likeness (QED) is 0.499. The third kappa shape index (κ3) is 7.73. The first kappa shape index (κ1) is 24.9. The number of anilines is 1. The number of rotatable bonds is 6. The lowest BCUT2D eigenvalue weighted by Crippen LogP contribution is -2.09. The van der Waals surface area contributed by atoms with Crippen LogP contribution in [0.4, 0.5) is 5.69 Å². The van der Waals surface area contributed by atoms with E-state index in [0.29, 0.717) is 11.7 Å². The number of nitrogens with zero attached hydrogens (tertiary/aromatic N) is 2. The van der Waals surface area contributed by atoms with Crippen molar-refractivity contribution in [1.29, 1.82) is 0 Å². The molecule has 0 fully saturated rings. The van der Waals surface area contributed by atoms with Crippen LogP contribution in [0.1, 0.15) is 23.7 Å². The van der Waals surface area contributed by atoms with Gasteiger partial charge in [-0.3, -0.25) is 0 Å². The maximum atomic E-state index is 8.06. The lowest BCUT2D eigenvalue weighted by atomic mass is 10.2. The van der Waals surface area contributed by atoms with Gasteiger partial charge < -0.3 is 20.5 Å². The molecule has 0 aliphatic carbocycles. The Morgan fingerprint density at radius 2 is 1.80 bits per heavy atom. The molecule has 6 nitrogen and oxygen atoms in total. The normalized spacial score (nSPS) is 9.50. The summed E-state index contributed by atoms with van der Waals surface area (Å²) in [7, 11) is 0. The molecule has 0 spiro atoms. The van der Waals surface area contributed by atoms with Gasteiger partial charge in [0.25, 0.3) is 0 Å². The second-order valence-corrected chi connectivity index (χ2v) is 6.80. The van der Waals surface area contributed by atoms with Crippen LogP contribution >= 0.6 is 11.6 Å². The number of aromatic nitrogens is 2. The fourth-order valence-electron chi connectivity index (χ4n) is 2.55. The molecule has 3 N–H and O–H groups in total. The molecule has 3 aromatic rings. The van der Waals surface area contributed by atoms with Gasteiger partial charge in [-0.1, -0.05) is 48.5 Å². The molecule has 7 heteroatoms. The first-order chi connectivity index (χ1) is 14.4. The Balaban J connectivity index is 0.000000487. The summed E-state index contributed by atoms with van der Waals surface area (Å²) < 4.78 is 1.78. The number of halogens is 1. The van der Waals surface area contributed by atoms with Crippen LogP contribution < -0.4 is 10.6 Å². The lowest BCUT2D eigenvalue weighted by Gasteiger charge is -2.07. The van der Waals surface area contributed by atoms with E-state index in [2.05, 4.69) is 47.4 Å². The fourth-order valence-corrected chi connectivity index (χ4v) is 2.89. The Labute approximate surface area is 183 Å². The van der Waals surface area contributed by atoms with Crippen LogP contribution in [0.25, 0.3) is 5.69 Å². The number of nitrogens with one attached hydrogen (secondary N) is 2. The van der Waals surface area contributed by atoms with Crippen LogP contribution in [0.2, 0.25) is 5.15 Å². The van der Waals surface area contributed by atoms with E-state index in [1.807, 2.05) is 50.1 Å². The lowest BCUT2D eigenvalue weighted by molar-refractivity contribution is -0.0979. The molecule has 0 radical (unpaired) electrons. The predicted octanol–water partition coefficient (Wildman–Crippen LogP) is 4.63.